The maximum Gasteiger partial charge on any atom is 0.160 e. The highest BCUT2D eigenvalue weighted by Crippen LogP contribution is 2.47. The van der Waals surface area contributed by atoms with E-state index in [1.165, 1.54) is 0 Å². The van der Waals surface area contributed by atoms with E-state index in [1.54, 1.807) is 12.1 Å². The third-order valence-electron chi connectivity index (χ3n) is 8.19. The minimum atomic E-state index is -0.527. The predicted molar refractivity (Wildman–Crippen MR) is 192 cm³/mol. The normalized spacial score (nSPS) is 14.3. The van der Waals surface area contributed by atoms with Gasteiger partial charge in [-0.05, 0) is 63.5 Å². The molecule has 0 spiro atoms. The highest BCUT2D eigenvalue weighted by molar-refractivity contribution is 6.04. The minimum Gasteiger partial charge on any atom is -0.456 e. The lowest BCUT2D eigenvalue weighted by molar-refractivity contribution is 0.487. The molecule has 0 bridgehead atoms. The molecule has 9 rings (SSSR count). The largest absolute Gasteiger partial charge is 0.456 e. The Balaban J connectivity index is 1.19. The summed E-state index contributed by atoms with van der Waals surface area (Å²) in [5, 5.41) is -0.134. The third-order valence-corrected chi connectivity index (χ3v) is 8.19. The topological polar surface area (TPSA) is 35.0 Å². The highest BCUT2D eigenvalue weighted by Gasteiger charge is 2.20. The molecule has 3 heteroatoms. The number of rotatable bonds is 5. The monoisotopic (exact) mass is 609 g/mol. The SMILES string of the molecule is [2H]c1c([2H])c(-c2ccc(-c3cc(-c4cccc(-c5ccccc5)c4)nc(-c4ccccc4)n3)cc2)c([2H])c2c1Oc1c([2H])c([2H])c([2H])c3c([2H])c([2H])c([2H])c-2c13. The molecular weight excluding hydrogens is 572 g/mol. The number of aromatic nitrogens is 2. The zero-order valence-electron chi connectivity index (χ0n) is 33.8. The summed E-state index contributed by atoms with van der Waals surface area (Å²) >= 11 is 0. The van der Waals surface area contributed by atoms with Crippen molar-refractivity contribution in [2.75, 3.05) is 0 Å². The number of ether oxygens (including phenoxy) is 1. The summed E-state index contributed by atoms with van der Waals surface area (Å²) in [6.45, 7) is 0. The van der Waals surface area contributed by atoms with Gasteiger partial charge in [-0.15, -0.1) is 0 Å². The number of hydrogen-bond acceptors (Lipinski definition) is 3. The van der Waals surface area contributed by atoms with E-state index in [0.717, 1.165) is 33.5 Å². The first-order valence-corrected chi connectivity index (χ1v) is 15.1. The van der Waals surface area contributed by atoms with Crippen molar-refractivity contribution >= 4 is 10.8 Å². The van der Waals surface area contributed by atoms with Gasteiger partial charge in [-0.25, -0.2) is 9.97 Å². The van der Waals surface area contributed by atoms with Crippen LogP contribution in [0.25, 0.3) is 78.1 Å². The van der Waals surface area contributed by atoms with Gasteiger partial charge in [0, 0.05) is 27.6 Å². The maximum atomic E-state index is 9.39. The zero-order valence-corrected chi connectivity index (χ0v) is 24.8. The first-order chi connectivity index (χ1) is 27.0. The Morgan fingerprint density at radius 2 is 1.09 bits per heavy atom. The van der Waals surface area contributed by atoms with Crippen molar-refractivity contribution in [3.63, 3.8) is 0 Å². The van der Waals surface area contributed by atoms with Crippen LogP contribution in [0.5, 0.6) is 11.5 Å². The van der Waals surface area contributed by atoms with Crippen LogP contribution in [-0.2, 0) is 0 Å². The summed E-state index contributed by atoms with van der Waals surface area (Å²) in [6, 6.07) is 33.2. The van der Waals surface area contributed by atoms with Crippen LogP contribution in [-0.4, -0.2) is 9.97 Å². The van der Waals surface area contributed by atoms with Gasteiger partial charge in [0.1, 0.15) is 11.5 Å². The Hall–Kier alpha value is -6.32. The lowest BCUT2D eigenvalue weighted by Gasteiger charge is -2.22. The van der Waals surface area contributed by atoms with Crippen LogP contribution in [0, 0.1) is 0 Å². The summed E-state index contributed by atoms with van der Waals surface area (Å²) < 4.78 is 84.7. The number of fused-ring (bicyclic) bond motifs is 2. The second-order valence-corrected chi connectivity index (χ2v) is 11.1. The molecule has 1 aliphatic rings. The molecule has 0 amide bonds. The van der Waals surface area contributed by atoms with Gasteiger partial charge in [-0.2, -0.15) is 0 Å². The van der Waals surface area contributed by atoms with Crippen molar-refractivity contribution in [1.29, 1.82) is 0 Å². The second kappa shape index (κ2) is 11.2. The van der Waals surface area contributed by atoms with E-state index < -0.39 is 42.3 Å². The van der Waals surface area contributed by atoms with Gasteiger partial charge in [-0.3, -0.25) is 0 Å². The summed E-state index contributed by atoms with van der Waals surface area (Å²) in [5.74, 6) is 0.0571. The molecule has 0 atom stereocenters. The minimum absolute atomic E-state index is 0.00418. The summed E-state index contributed by atoms with van der Waals surface area (Å²) in [6.07, 6.45) is 0. The third kappa shape index (κ3) is 4.95. The average Bonchev–Trinajstić information content (AvgIpc) is 3.24. The fourth-order valence-corrected chi connectivity index (χ4v) is 5.85. The molecule has 3 nitrogen and oxygen atoms in total. The predicted octanol–water partition coefficient (Wildman–Crippen LogP) is 11.7. The second-order valence-electron chi connectivity index (χ2n) is 11.1. The zero-order chi connectivity index (χ0) is 39.0. The first-order valence-electron chi connectivity index (χ1n) is 19.6. The standard InChI is InChI=1S/C44H28N2O/c1-3-10-29(11-4-1)34-16-7-17-36(26-34)40-28-39(45-44(46-40)33-12-5-2-6-13-33)31-22-20-30(21-23-31)35-24-25-41-38(27-35)37-18-8-14-32-15-9-19-42(47-41)43(32)37/h1-28H/i8D,9D,14D,15D,18D,19D,24D,25D,27D. The van der Waals surface area contributed by atoms with Crippen molar-refractivity contribution in [2.45, 2.75) is 0 Å². The van der Waals surface area contributed by atoms with Gasteiger partial charge < -0.3 is 4.74 Å². The molecule has 0 saturated carbocycles. The van der Waals surface area contributed by atoms with E-state index in [0.29, 0.717) is 17.1 Å². The van der Waals surface area contributed by atoms with E-state index in [2.05, 4.69) is 24.3 Å². The van der Waals surface area contributed by atoms with Crippen molar-refractivity contribution in [2.24, 2.45) is 0 Å². The first kappa shape index (κ1) is 19.3. The van der Waals surface area contributed by atoms with Crippen molar-refractivity contribution in [3.8, 4) is 78.8 Å². The van der Waals surface area contributed by atoms with Gasteiger partial charge in [0.15, 0.2) is 5.82 Å². The van der Waals surface area contributed by atoms with Gasteiger partial charge in [0.05, 0.1) is 23.7 Å². The van der Waals surface area contributed by atoms with Gasteiger partial charge in [0.25, 0.3) is 0 Å². The molecule has 47 heavy (non-hydrogen) atoms. The summed E-state index contributed by atoms with van der Waals surface area (Å²) in [7, 11) is 0. The van der Waals surface area contributed by atoms with E-state index in [9.17, 15) is 1.37 Å². The molecule has 1 aromatic heterocycles. The molecular formula is C44H28N2O. The lowest BCUT2D eigenvalue weighted by Crippen LogP contribution is -1.97. The molecule has 0 saturated heterocycles. The Morgan fingerprint density at radius 1 is 0.447 bits per heavy atom. The molecule has 2 heterocycles. The molecule has 0 radical (unpaired) electrons. The molecule has 0 unspecified atom stereocenters. The van der Waals surface area contributed by atoms with Crippen LogP contribution >= 0.6 is 0 Å². The molecule has 7 aromatic carbocycles. The Bertz CT molecular complexity index is 2910. The van der Waals surface area contributed by atoms with Crippen LogP contribution in [0.2, 0.25) is 0 Å². The van der Waals surface area contributed by atoms with E-state index in [4.69, 9.17) is 25.7 Å². The molecule has 0 aliphatic carbocycles. The van der Waals surface area contributed by atoms with Crippen molar-refractivity contribution < 1.29 is 17.1 Å². The average molecular weight is 610 g/mol. The molecule has 0 fully saturated rings. The fourth-order valence-electron chi connectivity index (χ4n) is 5.85. The molecule has 1 aliphatic heterocycles. The Labute approximate surface area is 286 Å². The van der Waals surface area contributed by atoms with Crippen molar-refractivity contribution in [3.05, 3.63) is 170 Å². The van der Waals surface area contributed by atoms with Crippen LogP contribution in [0.15, 0.2) is 170 Å². The summed E-state index contributed by atoms with van der Waals surface area (Å²) in [4.78, 5) is 9.92. The maximum absolute atomic E-state index is 9.39. The van der Waals surface area contributed by atoms with Crippen LogP contribution in [0.1, 0.15) is 12.3 Å². The quantitative estimate of drug-likeness (QED) is 0.195. The van der Waals surface area contributed by atoms with Crippen LogP contribution in [0.3, 0.4) is 0 Å². The highest BCUT2D eigenvalue weighted by atomic mass is 16.5. The number of nitrogens with zero attached hydrogens (tertiary/aromatic N) is 2. The molecule has 220 valence electrons. The van der Waals surface area contributed by atoms with E-state index in [1.807, 2.05) is 78.9 Å². The Kier molecular flexibility index (Phi) is 4.60. The summed E-state index contributed by atoms with van der Waals surface area (Å²) in [5.41, 5.74) is 6.45. The molecule has 0 N–H and O–H groups in total. The molecule has 8 aromatic rings. The van der Waals surface area contributed by atoms with Gasteiger partial charge in [0.2, 0.25) is 0 Å². The van der Waals surface area contributed by atoms with Crippen molar-refractivity contribution in [1.82, 2.24) is 9.97 Å². The lowest BCUT2D eigenvalue weighted by atomic mass is 9.92. The number of hydrogen-bond donors (Lipinski definition) is 0. The Morgan fingerprint density at radius 3 is 1.87 bits per heavy atom. The van der Waals surface area contributed by atoms with Crippen LogP contribution < -0.4 is 4.74 Å². The smallest absolute Gasteiger partial charge is 0.160 e. The van der Waals surface area contributed by atoms with E-state index >= 15 is 0 Å². The van der Waals surface area contributed by atoms with E-state index in [-0.39, 0.29) is 51.0 Å². The number of benzene rings is 7. The van der Waals surface area contributed by atoms with Gasteiger partial charge >= 0.3 is 0 Å². The van der Waals surface area contributed by atoms with Crippen LogP contribution in [0.4, 0.5) is 0 Å². The van der Waals surface area contributed by atoms with Gasteiger partial charge in [-0.1, -0.05) is 139 Å². The fraction of sp³-hybridized carbons (Fsp3) is 0.